The average Bonchev–Trinajstić information content (AvgIpc) is 3.33. The lowest BCUT2D eigenvalue weighted by atomic mass is 10.2. The van der Waals surface area contributed by atoms with E-state index in [2.05, 4.69) is 20.8 Å². The normalized spacial score (nSPS) is 10.8. The molecular formula is C28H22ClN5O2S. The number of nitrogens with one attached hydrogen (secondary N) is 2. The number of fused-ring (bicyclic) bond motifs is 1. The second-order valence-electron chi connectivity index (χ2n) is 8.33. The Hall–Kier alpha value is -4.27. The van der Waals surface area contributed by atoms with E-state index in [1.54, 1.807) is 24.3 Å². The third-order valence-corrected chi connectivity index (χ3v) is 6.23. The molecular weight excluding hydrogens is 506 g/mol. The van der Waals surface area contributed by atoms with Crippen molar-refractivity contribution in [3.05, 3.63) is 113 Å². The van der Waals surface area contributed by atoms with Crippen LogP contribution in [0.15, 0.2) is 91.0 Å². The molecule has 0 aliphatic heterocycles. The molecule has 5 rings (SSSR count). The SMILES string of the molecule is Cc1ccc(-n2nc3ccc(NC(=S)NC(=O)c4ccc(OCc5ccccc5)cc4)cc3n2)cc1Cl. The number of anilines is 1. The van der Waals surface area contributed by atoms with E-state index in [0.29, 0.717) is 39.7 Å². The van der Waals surface area contributed by atoms with Crippen molar-refractivity contribution < 1.29 is 9.53 Å². The molecule has 0 spiro atoms. The number of aromatic nitrogens is 3. The van der Waals surface area contributed by atoms with E-state index in [1.165, 1.54) is 4.80 Å². The van der Waals surface area contributed by atoms with Crippen LogP contribution in [-0.4, -0.2) is 26.0 Å². The molecule has 0 atom stereocenters. The number of carbonyl (C=O) groups excluding carboxylic acids is 1. The van der Waals surface area contributed by atoms with E-state index < -0.39 is 0 Å². The van der Waals surface area contributed by atoms with E-state index in [9.17, 15) is 4.79 Å². The first-order valence-corrected chi connectivity index (χ1v) is 12.3. The predicted molar refractivity (Wildman–Crippen MR) is 150 cm³/mol. The lowest BCUT2D eigenvalue weighted by Crippen LogP contribution is -2.34. The van der Waals surface area contributed by atoms with Gasteiger partial charge in [0.15, 0.2) is 5.11 Å². The second-order valence-corrected chi connectivity index (χ2v) is 9.15. The average molecular weight is 528 g/mol. The Labute approximate surface area is 224 Å². The molecule has 0 aliphatic carbocycles. The molecule has 2 N–H and O–H groups in total. The van der Waals surface area contributed by atoms with Crippen LogP contribution in [0.25, 0.3) is 16.7 Å². The minimum atomic E-state index is -0.324. The Morgan fingerprint density at radius 2 is 1.70 bits per heavy atom. The summed E-state index contributed by atoms with van der Waals surface area (Å²) in [6, 6.07) is 27.9. The van der Waals surface area contributed by atoms with Gasteiger partial charge in [-0.1, -0.05) is 48.0 Å². The first-order chi connectivity index (χ1) is 17.9. The Balaban J connectivity index is 1.19. The van der Waals surface area contributed by atoms with Crippen molar-refractivity contribution in [2.75, 3.05) is 5.32 Å². The molecule has 9 heteroatoms. The topological polar surface area (TPSA) is 81.1 Å². The summed E-state index contributed by atoms with van der Waals surface area (Å²) in [5.74, 6) is 0.353. The molecule has 0 fully saturated rings. The Morgan fingerprint density at radius 1 is 0.946 bits per heavy atom. The van der Waals surface area contributed by atoms with Crippen LogP contribution in [0.4, 0.5) is 5.69 Å². The zero-order valence-corrected chi connectivity index (χ0v) is 21.4. The molecule has 0 saturated carbocycles. The van der Waals surface area contributed by atoms with E-state index in [0.717, 1.165) is 16.8 Å². The molecule has 4 aromatic carbocycles. The Bertz CT molecular complexity index is 1590. The van der Waals surface area contributed by atoms with Crippen molar-refractivity contribution >= 4 is 51.6 Å². The van der Waals surface area contributed by atoms with Crippen LogP contribution in [-0.2, 0) is 6.61 Å². The van der Waals surface area contributed by atoms with Crippen molar-refractivity contribution in [2.45, 2.75) is 13.5 Å². The van der Waals surface area contributed by atoms with Gasteiger partial charge in [0.05, 0.1) is 5.69 Å². The quantitative estimate of drug-likeness (QED) is 0.260. The third kappa shape index (κ3) is 5.94. The highest BCUT2D eigenvalue weighted by Crippen LogP contribution is 2.21. The van der Waals surface area contributed by atoms with Crippen LogP contribution in [0.5, 0.6) is 5.75 Å². The number of nitrogens with zero attached hydrogens (tertiary/aromatic N) is 3. The second kappa shape index (κ2) is 10.8. The smallest absolute Gasteiger partial charge is 0.257 e. The largest absolute Gasteiger partial charge is 0.489 e. The van der Waals surface area contributed by atoms with Crippen molar-refractivity contribution in [1.29, 1.82) is 0 Å². The van der Waals surface area contributed by atoms with E-state index >= 15 is 0 Å². The number of benzene rings is 4. The minimum absolute atomic E-state index is 0.173. The number of hydrogen-bond acceptors (Lipinski definition) is 5. The molecule has 37 heavy (non-hydrogen) atoms. The maximum Gasteiger partial charge on any atom is 0.257 e. The Morgan fingerprint density at radius 3 is 2.46 bits per heavy atom. The van der Waals surface area contributed by atoms with Gasteiger partial charge in [-0.3, -0.25) is 10.1 Å². The number of halogens is 1. The molecule has 1 amide bonds. The van der Waals surface area contributed by atoms with Crippen LogP contribution in [0, 0.1) is 6.92 Å². The Kier molecular flexibility index (Phi) is 7.11. The molecule has 0 aliphatic rings. The van der Waals surface area contributed by atoms with Gasteiger partial charge in [-0.05, 0) is 84.9 Å². The van der Waals surface area contributed by atoms with Crippen LogP contribution < -0.4 is 15.4 Å². The molecule has 0 radical (unpaired) electrons. The standard InChI is InChI=1S/C28H22ClN5O2S/c1-18-7-11-22(16-24(18)29)34-32-25-14-10-21(15-26(25)33-34)30-28(37)31-27(35)20-8-12-23(13-9-20)36-17-19-5-3-2-4-6-19/h2-16H,17H2,1H3,(H2,30,31,35,37). The number of ether oxygens (including phenoxy) is 1. The summed E-state index contributed by atoms with van der Waals surface area (Å²) in [4.78, 5) is 14.2. The van der Waals surface area contributed by atoms with Gasteiger partial charge in [0.2, 0.25) is 0 Å². The van der Waals surface area contributed by atoms with Crippen LogP contribution >= 0.6 is 23.8 Å². The van der Waals surface area contributed by atoms with Crippen LogP contribution in [0.1, 0.15) is 21.5 Å². The first kappa shape index (κ1) is 24.4. The highest BCUT2D eigenvalue weighted by molar-refractivity contribution is 7.80. The predicted octanol–water partition coefficient (Wildman–Crippen LogP) is 6.09. The molecule has 0 bridgehead atoms. The summed E-state index contributed by atoms with van der Waals surface area (Å²) in [5.41, 5.74) is 5.34. The summed E-state index contributed by atoms with van der Waals surface area (Å²) in [6.45, 7) is 2.40. The maximum atomic E-state index is 12.6. The van der Waals surface area contributed by atoms with Crippen molar-refractivity contribution in [1.82, 2.24) is 20.3 Å². The van der Waals surface area contributed by atoms with Crippen molar-refractivity contribution in [3.63, 3.8) is 0 Å². The molecule has 7 nitrogen and oxygen atoms in total. The maximum absolute atomic E-state index is 12.6. The van der Waals surface area contributed by atoms with E-state index in [-0.39, 0.29) is 11.0 Å². The van der Waals surface area contributed by atoms with E-state index in [1.807, 2.05) is 73.7 Å². The molecule has 184 valence electrons. The van der Waals surface area contributed by atoms with Gasteiger partial charge in [0.25, 0.3) is 5.91 Å². The van der Waals surface area contributed by atoms with Gasteiger partial charge in [0, 0.05) is 16.3 Å². The highest BCUT2D eigenvalue weighted by Gasteiger charge is 2.11. The van der Waals surface area contributed by atoms with Gasteiger partial charge in [-0.15, -0.1) is 10.2 Å². The number of aryl methyl sites for hydroxylation is 1. The van der Waals surface area contributed by atoms with Gasteiger partial charge in [0.1, 0.15) is 23.4 Å². The number of carbonyl (C=O) groups is 1. The van der Waals surface area contributed by atoms with Crippen LogP contribution in [0.3, 0.4) is 0 Å². The van der Waals surface area contributed by atoms with Gasteiger partial charge < -0.3 is 10.1 Å². The summed E-state index contributed by atoms with van der Waals surface area (Å²) >= 11 is 11.6. The lowest BCUT2D eigenvalue weighted by Gasteiger charge is -2.10. The first-order valence-electron chi connectivity index (χ1n) is 11.5. The van der Waals surface area contributed by atoms with Crippen LogP contribution in [0.2, 0.25) is 5.02 Å². The van der Waals surface area contributed by atoms with Gasteiger partial charge >= 0.3 is 0 Å². The number of thiocarbonyl (C=S) groups is 1. The fourth-order valence-corrected chi connectivity index (χ4v) is 3.98. The fourth-order valence-electron chi connectivity index (χ4n) is 3.60. The number of amides is 1. The summed E-state index contributed by atoms with van der Waals surface area (Å²) < 4.78 is 5.77. The summed E-state index contributed by atoms with van der Waals surface area (Å²) in [7, 11) is 0. The molecule has 0 saturated heterocycles. The minimum Gasteiger partial charge on any atom is -0.489 e. The molecule has 1 aromatic heterocycles. The van der Waals surface area contributed by atoms with E-state index in [4.69, 9.17) is 28.6 Å². The molecule has 5 aromatic rings. The van der Waals surface area contributed by atoms with Gasteiger partial charge in [-0.25, -0.2) is 0 Å². The van der Waals surface area contributed by atoms with Gasteiger partial charge in [-0.2, -0.15) is 4.80 Å². The molecule has 0 unspecified atom stereocenters. The number of hydrogen-bond donors (Lipinski definition) is 2. The highest BCUT2D eigenvalue weighted by atomic mass is 35.5. The zero-order valence-electron chi connectivity index (χ0n) is 19.8. The van der Waals surface area contributed by atoms with Crippen molar-refractivity contribution in [2.24, 2.45) is 0 Å². The molecule has 1 heterocycles. The zero-order chi connectivity index (χ0) is 25.8. The fraction of sp³-hybridized carbons (Fsp3) is 0.0714. The van der Waals surface area contributed by atoms with Crippen molar-refractivity contribution in [3.8, 4) is 11.4 Å². The summed E-state index contributed by atoms with van der Waals surface area (Å²) in [6.07, 6.45) is 0. The lowest BCUT2D eigenvalue weighted by molar-refractivity contribution is 0.0977. The summed E-state index contributed by atoms with van der Waals surface area (Å²) in [5, 5.41) is 15.6. The third-order valence-electron chi connectivity index (χ3n) is 5.62. The number of rotatable bonds is 6. The monoisotopic (exact) mass is 527 g/mol.